The third-order valence-corrected chi connectivity index (χ3v) is 3.31. The molecule has 0 unspecified atom stereocenters. The predicted octanol–water partition coefficient (Wildman–Crippen LogP) is 2.04. The van der Waals surface area contributed by atoms with Crippen molar-refractivity contribution in [3.05, 3.63) is 35.5 Å². The maximum Gasteiger partial charge on any atom is 0.141 e. The molecule has 4 nitrogen and oxygen atoms in total. The number of nitrogens with two attached hydrogens (primary N) is 1. The van der Waals surface area contributed by atoms with Gasteiger partial charge in [-0.3, -0.25) is 0 Å². The molecule has 1 aromatic carbocycles. The Morgan fingerprint density at radius 2 is 1.94 bits per heavy atom. The van der Waals surface area contributed by atoms with Gasteiger partial charge in [0.2, 0.25) is 0 Å². The van der Waals surface area contributed by atoms with Gasteiger partial charge in [-0.1, -0.05) is 12.1 Å². The maximum atomic E-state index is 9.83. The Labute approximate surface area is 99.7 Å². The molecule has 1 aromatic heterocycles. The van der Waals surface area contributed by atoms with Gasteiger partial charge in [0.05, 0.1) is 5.69 Å². The van der Waals surface area contributed by atoms with Gasteiger partial charge in [-0.05, 0) is 37.8 Å². The quantitative estimate of drug-likeness (QED) is 0.786. The molecule has 1 aliphatic carbocycles. The molecule has 88 valence electrons. The summed E-state index contributed by atoms with van der Waals surface area (Å²) in [5.41, 5.74) is 9.00. The summed E-state index contributed by atoms with van der Waals surface area (Å²) < 4.78 is 1.66. The second-order valence-electron chi connectivity index (χ2n) is 4.42. The largest absolute Gasteiger partial charge is 0.506 e. The lowest BCUT2D eigenvalue weighted by Gasteiger charge is -2.08. The Morgan fingerprint density at radius 1 is 1.18 bits per heavy atom. The first-order valence-electron chi connectivity index (χ1n) is 5.92. The number of phenols is 1. The van der Waals surface area contributed by atoms with Crippen LogP contribution in [0.5, 0.6) is 5.75 Å². The molecule has 0 fully saturated rings. The van der Waals surface area contributed by atoms with Crippen molar-refractivity contribution in [2.75, 3.05) is 5.73 Å². The van der Waals surface area contributed by atoms with Crippen LogP contribution in [0.3, 0.4) is 0 Å². The van der Waals surface area contributed by atoms with Crippen molar-refractivity contribution in [2.45, 2.75) is 25.7 Å². The van der Waals surface area contributed by atoms with E-state index < -0.39 is 0 Å². The molecule has 17 heavy (non-hydrogen) atoms. The fourth-order valence-electron chi connectivity index (χ4n) is 2.40. The third-order valence-electron chi connectivity index (χ3n) is 3.31. The van der Waals surface area contributed by atoms with Gasteiger partial charge < -0.3 is 10.8 Å². The van der Waals surface area contributed by atoms with Crippen LogP contribution in [0.25, 0.3) is 5.69 Å². The van der Waals surface area contributed by atoms with Gasteiger partial charge in [0.1, 0.15) is 17.3 Å². The molecule has 0 spiro atoms. The van der Waals surface area contributed by atoms with Crippen molar-refractivity contribution in [1.82, 2.24) is 9.78 Å². The summed E-state index contributed by atoms with van der Waals surface area (Å²) in [6, 6.07) is 7.13. The number of hydrogen-bond donors (Lipinski definition) is 2. The van der Waals surface area contributed by atoms with Crippen LogP contribution in [0.2, 0.25) is 0 Å². The second-order valence-corrected chi connectivity index (χ2v) is 4.42. The molecule has 1 heterocycles. The molecule has 3 rings (SSSR count). The normalized spacial score (nSPS) is 14.6. The molecule has 0 amide bonds. The summed E-state index contributed by atoms with van der Waals surface area (Å²) in [5.74, 6) is 0.875. The number of rotatable bonds is 1. The highest BCUT2D eigenvalue weighted by molar-refractivity contribution is 5.55. The molecule has 2 aromatic rings. The van der Waals surface area contributed by atoms with Gasteiger partial charge in [0.25, 0.3) is 0 Å². The number of fused-ring (bicyclic) bond motifs is 1. The zero-order valence-electron chi connectivity index (χ0n) is 9.56. The lowest BCUT2D eigenvalue weighted by molar-refractivity contribution is 0.470. The molecule has 3 N–H and O–H groups in total. The first-order valence-corrected chi connectivity index (χ1v) is 5.92. The van der Waals surface area contributed by atoms with Crippen molar-refractivity contribution in [2.24, 2.45) is 0 Å². The van der Waals surface area contributed by atoms with Crippen molar-refractivity contribution in [1.29, 1.82) is 0 Å². The van der Waals surface area contributed by atoms with Crippen molar-refractivity contribution in [3.8, 4) is 11.4 Å². The summed E-state index contributed by atoms with van der Waals surface area (Å²) in [6.45, 7) is 0. The van der Waals surface area contributed by atoms with Gasteiger partial charge in [-0.25, -0.2) is 4.68 Å². The zero-order chi connectivity index (χ0) is 11.8. The average molecular weight is 229 g/mol. The number of aromatic hydroxyl groups is 1. The molecule has 0 saturated carbocycles. The SMILES string of the molecule is Nc1c2c(nn1-c1ccccc1O)CCCC2. The summed E-state index contributed by atoms with van der Waals surface area (Å²) in [5, 5.41) is 14.3. The minimum Gasteiger partial charge on any atom is -0.506 e. The van der Waals surface area contributed by atoms with E-state index in [9.17, 15) is 5.11 Å². The van der Waals surface area contributed by atoms with E-state index in [1.54, 1.807) is 16.8 Å². The highest BCUT2D eigenvalue weighted by Crippen LogP contribution is 2.30. The Kier molecular flexibility index (Phi) is 2.28. The fourth-order valence-corrected chi connectivity index (χ4v) is 2.40. The molecule has 0 bridgehead atoms. The minimum absolute atomic E-state index is 0.207. The van der Waals surface area contributed by atoms with Gasteiger partial charge in [0.15, 0.2) is 0 Å². The molecule has 0 aliphatic heterocycles. The number of nitrogen functional groups attached to an aromatic ring is 1. The number of nitrogens with zero attached hydrogens (tertiary/aromatic N) is 2. The van der Waals surface area contributed by atoms with E-state index in [0.717, 1.165) is 24.1 Å². The van der Waals surface area contributed by atoms with Crippen LogP contribution in [-0.4, -0.2) is 14.9 Å². The van der Waals surface area contributed by atoms with Crippen LogP contribution in [0.15, 0.2) is 24.3 Å². The van der Waals surface area contributed by atoms with E-state index in [0.29, 0.717) is 11.5 Å². The van der Waals surface area contributed by atoms with Gasteiger partial charge in [0, 0.05) is 5.56 Å². The van der Waals surface area contributed by atoms with E-state index in [4.69, 9.17) is 5.73 Å². The second kappa shape index (κ2) is 3.80. The van der Waals surface area contributed by atoms with E-state index >= 15 is 0 Å². The first-order chi connectivity index (χ1) is 8.27. The lowest BCUT2D eigenvalue weighted by Crippen LogP contribution is -2.03. The summed E-state index contributed by atoms with van der Waals surface area (Å²) in [6.07, 6.45) is 4.32. The van der Waals surface area contributed by atoms with Crippen molar-refractivity contribution >= 4 is 5.82 Å². The molecular weight excluding hydrogens is 214 g/mol. The minimum atomic E-state index is 0.207. The van der Waals surface area contributed by atoms with Crippen LogP contribution in [0.1, 0.15) is 24.1 Å². The smallest absolute Gasteiger partial charge is 0.141 e. The van der Waals surface area contributed by atoms with Gasteiger partial charge >= 0.3 is 0 Å². The van der Waals surface area contributed by atoms with Crippen LogP contribution in [0.4, 0.5) is 5.82 Å². The Hall–Kier alpha value is -1.97. The Morgan fingerprint density at radius 3 is 2.71 bits per heavy atom. The summed E-state index contributed by atoms with van der Waals surface area (Å²) in [4.78, 5) is 0. The van der Waals surface area contributed by atoms with E-state index in [1.807, 2.05) is 12.1 Å². The maximum absolute atomic E-state index is 9.83. The molecule has 4 heteroatoms. The standard InChI is InChI=1S/C13H15N3O/c14-13-9-5-1-2-6-10(9)15-16(13)11-7-3-4-8-12(11)17/h3-4,7-8,17H,1-2,5-6,14H2. The van der Waals surface area contributed by atoms with E-state index in [-0.39, 0.29) is 5.75 Å². The molecule has 0 radical (unpaired) electrons. The number of anilines is 1. The molecular formula is C13H15N3O. The Bertz CT molecular complexity index is 560. The highest BCUT2D eigenvalue weighted by Gasteiger charge is 2.20. The number of aryl methyl sites for hydroxylation is 1. The number of aromatic nitrogens is 2. The molecule has 0 atom stereocenters. The van der Waals surface area contributed by atoms with Crippen molar-refractivity contribution in [3.63, 3.8) is 0 Å². The van der Waals surface area contributed by atoms with Crippen LogP contribution >= 0.6 is 0 Å². The summed E-state index contributed by atoms with van der Waals surface area (Å²) >= 11 is 0. The van der Waals surface area contributed by atoms with E-state index in [1.165, 1.54) is 12.8 Å². The number of hydrogen-bond acceptors (Lipinski definition) is 3. The van der Waals surface area contributed by atoms with Gasteiger partial charge in [-0.15, -0.1) is 0 Å². The highest BCUT2D eigenvalue weighted by atomic mass is 16.3. The molecule has 0 saturated heterocycles. The first kappa shape index (κ1) is 10.2. The number of benzene rings is 1. The monoisotopic (exact) mass is 229 g/mol. The summed E-state index contributed by atoms with van der Waals surface area (Å²) in [7, 11) is 0. The van der Waals surface area contributed by atoms with Crippen LogP contribution in [0, 0.1) is 0 Å². The number of para-hydroxylation sites is 2. The van der Waals surface area contributed by atoms with Crippen LogP contribution in [-0.2, 0) is 12.8 Å². The lowest BCUT2D eigenvalue weighted by atomic mass is 9.98. The Balaban J connectivity index is 2.16. The van der Waals surface area contributed by atoms with Crippen LogP contribution < -0.4 is 5.73 Å². The van der Waals surface area contributed by atoms with E-state index in [2.05, 4.69) is 5.10 Å². The average Bonchev–Trinajstić information content (AvgIpc) is 2.68. The molecule has 1 aliphatic rings. The zero-order valence-corrected chi connectivity index (χ0v) is 9.56. The topological polar surface area (TPSA) is 64.1 Å². The number of phenolic OH excluding ortho intramolecular Hbond substituents is 1. The fraction of sp³-hybridized carbons (Fsp3) is 0.308. The third kappa shape index (κ3) is 1.56. The predicted molar refractivity (Wildman–Crippen MR) is 66.3 cm³/mol. The van der Waals surface area contributed by atoms with Gasteiger partial charge in [-0.2, -0.15) is 5.10 Å². The van der Waals surface area contributed by atoms with Crippen molar-refractivity contribution < 1.29 is 5.11 Å².